The third-order valence-corrected chi connectivity index (χ3v) is 14.1. The zero-order valence-corrected chi connectivity index (χ0v) is 36.3. The maximum atomic E-state index is 13.6. The fourth-order valence-electron chi connectivity index (χ4n) is 10.6. The van der Waals surface area contributed by atoms with Crippen LogP contribution in [0.15, 0.2) is 84.9 Å². The van der Waals surface area contributed by atoms with E-state index in [-0.39, 0.29) is 36.0 Å². The number of esters is 2. The summed E-state index contributed by atoms with van der Waals surface area (Å²) >= 11 is 0. The molecule has 6 saturated heterocycles. The predicted octanol–water partition coefficient (Wildman–Crippen LogP) is 7.58. The Labute approximate surface area is 372 Å². The highest BCUT2D eigenvalue weighted by Crippen LogP contribution is 2.40. The van der Waals surface area contributed by atoms with E-state index in [0.29, 0.717) is 48.9 Å². The Morgan fingerprint density at radius 2 is 0.891 bits per heavy atom. The van der Waals surface area contributed by atoms with Crippen molar-refractivity contribution in [3.05, 3.63) is 141 Å². The van der Waals surface area contributed by atoms with Crippen molar-refractivity contribution in [2.45, 2.75) is 62.8 Å². The number of carbonyl (C=O) groups is 4. The van der Waals surface area contributed by atoms with Gasteiger partial charge in [-0.2, -0.15) is 0 Å². The quantitative estimate of drug-likeness (QED) is 0.142. The highest BCUT2D eigenvalue weighted by molar-refractivity contribution is 5.90. The SMILES string of the molecule is COC(=O)c1ccc2c(c1)CCN(C(=O)O[C@@H]1CN3CCC1CC3)[C@@H]2c1ccc(F)cc1.COC(=O)c1ccc2c(c1)CCN(C(=O)O[C@@H]1CN3CCC1CC3)[C@H]2c1ccc(F)cc1. The standard InChI is InChI=1S/2C25H27FN2O4/c2*1-31-24(29)19-4-7-21-18(14-19)10-13-28(23(21)17-2-5-20(26)6-3-17)25(30)32-22-15-27-11-8-16(22)9-12-27/h2*2-7,14,16,22-23H,8-13,15H2,1H3/t22-,23+;22-,23-/m11/s1. The van der Waals surface area contributed by atoms with E-state index in [1.165, 1.54) is 38.5 Å². The van der Waals surface area contributed by atoms with Crippen molar-refractivity contribution in [1.82, 2.24) is 19.6 Å². The van der Waals surface area contributed by atoms with E-state index < -0.39 is 24.0 Å². The van der Waals surface area contributed by atoms with Gasteiger partial charge in [0.05, 0.1) is 37.4 Å². The fraction of sp³-hybridized carbons (Fsp3) is 0.440. The molecule has 0 aromatic heterocycles. The fourth-order valence-corrected chi connectivity index (χ4v) is 10.6. The molecule has 336 valence electrons. The topological polar surface area (TPSA) is 118 Å². The number of amides is 2. The third-order valence-electron chi connectivity index (χ3n) is 14.1. The molecule has 0 saturated carbocycles. The van der Waals surface area contributed by atoms with Crippen molar-refractivity contribution in [2.24, 2.45) is 11.8 Å². The summed E-state index contributed by atoms with van der Waals surface area (Å²) in [6, 6.07) is 22.4. The molecule has 0 aliphatic carbocycles. The van der Waals surface area contributed by atoms with Gasteiger partial charge in [0.2, 0.25) is 0 Å². The largest absolute Gasteiger partial charge is 0.465 e. The number of hydrogen-bond donors (Lipinski definition) is 0. The first-order valence-electron chi connectivity index (χ1n) is 22.4. The van der Waals surface area contributed by atoms with Crippen molar-refractivity contribution < 1.29 is 46.9 Å². The smallest absolute Gasteiger partial charge is 0.410 e. The summed E-state index contributed by atoms with van der Waals surface area (Å²) in [4.78, 5) is 58.9. The molecule has 0 unspecified atom stereocenters. The number of methoxy groups -OCH3 is 2. The highest BCUT2D eigenvalue weighted by atomic mass is 19.1. The summed E-state index contributed by atoms with van der Waals surface area (Å²) in [6.07, 6.45) is 4.65. The minimum Gasteiger partial charge on any atom is -0.465 e. The number of hydrogen-bond acceptors (Lipinski definition) is 10. The number of halogens is 2. The molecule has 0 N–H and O–H groups in total. The van der Waals surface area contributed by atoms with Crippen LogP contribution in [0.1, 0.15) is 91.9 Å². The molecule has 8 aliphatic heterocycles. The molecule has 4 bridgehead atoms. The Morgan fingerprint density at radius 3 is 1.22 bits per heavy atom. The molecule has 2 amide bonds. The number of benzene rings is 4. The highest BCUT2D eigenvalue weighted by Gasteiger charge is 2.42. The average molecular weight is 877 g/mol. The Bertz CT molecular complexity index is 2200. The lowest BCUT2D eigenvalue weighted by molar-refractivity contribution is -0.0465. The van der Waals surface area contributed by atoms with Crippen LogP contribution in [0.25, 0.3) is 0 Å². The molecule has 0 radical (unpaired) electrons. The summed E-state index contributed by atoms with van der Waals surface area (Å²) in [5.74, 6) is -0.592. The molecule has 8 heterocycles. The third kappa shape index (κ3) is 8.94. The maximum absolute atomic E-state index is 13.6. The van der Waals surface area contributed by atoms with Crippen LogP contribution in [-0.4, -0.2) is 123 Å². The van der Waals surface area contributed by atoms with E-state index in [0.717, 1.165) is 98.3 Å². The minimum absolute atomic E-state index is 0.0815. The summed E-state index contributed by atoms with van der Waals surface area (Å²) < 4.78 is 49.0. The number of rotatable bonds is 6. The monoisotopic (exact) mass is 876 g/mol. The molecule has 6 fully saturated rings. The van der Waals surface area contributed by atoms with Gasteiger partial charge in [0.1, 0.15) is 23.8 Å². The van der Waals surface area contributed by atoms with Crippen LogP contribution < -0.4 is 0 Å². The van der Waals surface area contributed by atoms with Crippen LogP contribution in [0.4, 0.5) is 18.4 Å². The first-order valence-corrected chi connectivity index (χ1v) is 22.4. The number of nitrogens with zero attached hydrogens (tertiary/aromatic N) is 4. The van der Waals surface area contributed by atoms with Crippen LogP contribution in [0.5, 0.6) is 0 Å². The average Bonchev–Trinajstić information content (AvgIpc) is 3.34. The van der Waals surface area contributed by atoms with Crippen LogP contribution in [-0.2, 0) is 31.8 Å². The van der Waals surface area contributed by atoms with E-state index >= 15 is 0 Å². The molecular formula is C50H54F2N4O8. The minimum atomic E-state index is -0.403. The van der Waals surface area contributed by atoms with E-state index in [4.69, 9.17) is 18.9 Å². The molecule has 4 aromatic carbocycles. The van der Waals surface area contributed by atoms with Gasteiger partial charge in [-0.15, -0.1) is 0 Å². The van der Waals surface area contributed by atoms with Crippen LogP contribution in [0.3, 0.4) is 0 Å². The molecule has 12 rings (SSSR count). The second-order valence-corrected chi connectivity index (χ2v) is 17.7. The number of piperidine rings is 6. The number of carbonyl (C=O) groups excluding carboxylic acids is 4. The van der Waals surface area contributed by atoms with E-state index in [9.17, 15) is 28.0 Å². The number of ether oxygens (including phenoxy) is 4. The summed E-state index contributed by atoms with van der Waals surface area (Å²) in [6.45, 7) is 6.83. The first-order chi connectivity index (χ1) is 31.1. The first kappa shape index (κ1) is 43.4. The van der Waals surface area contributed by atoms with Crippen molar-refractivity contribution in [2.75, 3.05) is 66.6 Å². The van der Waals surface area contributed by atoms with Gasteiger partial charge in [0.15, 0.2) is 0 Å². The Morgan fingerprint density at radius 1 is 0.516 bits per heavy atom. The molecular weight excluding hydrogens is 823 g/mol. The zero-order chi connectivity index (χ0) is 44.5. The van der Waals surface area contributed by atoms with Crippen LogP contribution in [0.2, 0.25) is 0 Å². The molecule has 4 aromatic rings. The Balaban J connectivity index is 0.000000162. The van der Waals surface area contributed by atoms with Crippen molar-refractivity contribution >= 4 is 24.1 Å². The lowest BCUT2D eigenvalue weighted by Crippen LogP contribution is -2.53. The Kier molecular flexibility index (Phi) is 12.7. The van der Waals surface area contributed by atoms with Crippen LogP contribution in [0, 0.1) is 23.5 Å². The predicted molar refractivity (Wildman–Crippen MR) is 232 cm³/mol. The second-order valence-electron chi connectivity index (χ2n) is 17.7. The van der Waals surface area contributed by atoms with E-state index in [1.807, 2.05) is 24.3 Å². The van der Waals surface area contributed by atoms with Crippen LogP contribution >= 0.6 is 0 Å². The maximum Gasteiger partial charge on any atom is 0.410 e. The van der Waals surface area contributed by atoms with Gasteiger partial charge in [-0.05, 0) is 158 Å². The summed E-state index contributed by atoms with van der Waals surface area (Å²) in [7, 11) is 2.71. The second kappa shape index (κ2) is 18.7. The van der Waals surface area contributed by atoms with Gasteiger partial charge in [0, 0.05) is 26.2 Å². The van der Waals surface area contributed by atoms with E-state index in [1.54, 1.807) is 46.2 Å². The summed E-state index contributed by atoms with van der Waals surface area (Å²) in [5, 5.41) is 0. The van der Waals surface area contributed by atoms with E-state index in [2.05, 4.69) is 9.80 Å². The van der Waals surface area contributed by atoms with Gasteiger partial charge in [-0.1, -0.05) is 36.4 Å². The van der Waals surface area contributed by atoms with Crippen molar-refractivity contribution in [3.63, 3.8) is 0 Å². The molecule has 8 aliphatic rings. The summed E-state index contributed by atoms with van der Waals surface area (Å²) in [5.41, 5.74) is 6.37. The Hall–Kier alpha value is -5.86. The normalized spacial score (nSPS) is 26.4. The van der Waals surface area contributed by atoms with Gasteiger partial charge < -0.3 is 18.9 Å². The lowest BCUT2D eigenvalue weighted by Gasteiger charge is -2.45. The zero-order valence-electron chi connectivity index (χ0n) is 36.3. The molecule has 14 heteroatoms. The molecule has 12 nitrogen and oxygen atoms in total. The van der Waals surface area contributed by atoms with Gasteiger partial charge in [0.25, 0.3) is 0 Å². The molecule has 0 spiro atoms. The lowest BCUT2D eigenvalue weighted by atomic mass is 9.86. The van der Waals surface area contributed by atoms with Gasteiger partial charge in [-0.3, -0.25) is 19.6 Å². The molecule has 64 heavy (non-hydrogen) atoms. The van der Waals surface area contributed by atoms with Gasteiger partial charge >= 0.3 is 24.1 Å². The molecule has 4 atom stereocenters. The van der Waals surface area contributed by atoms with Gasteiger partial charge in [-0.25, -0.2) is 28.0 Å². The van der Waals surface area contributed by atoms with Crippen molar-refractivity contribution in [3.8, 4) is 0 Å². The van der Waals surface area contributed by atoms with Crippen molar-refractivity contribution in [1.29, 1.82) is 0 Å². The number of fused-ring (bicyclic) bond motifs is 8.